The van der Waals surface area contributed by atoms with Gasteiger partial charge in [-0.2, -0.15) is 0 Å². The predicted octanol–water partition coefficient (Wildman–Crippen LogP) is 3.60. The minimum absolute atomic E-state index is 0.120. The monoisotopic (exact) mass is 306 g/mol. The lowest BCUT2D eigenvalue weighted by atomic mass is 9.93. The second-order valence-corrected chi connectivity index (χ2v) is 7.93. The maximum Gasteiger partial charge on any atom is 0.132 e. The van der Waals surface area contributed by atoms with Gasteiger partial charge in [-0.05, 0) is 37.0 Å². The fourth-order valence-corrected chi connectivity index (χ4v) is 2.73. The van der Waals surface area contributed by atoms with Crippen LogP contribution in [0.2, 0.25) is 0 Å². The first-order chi connectivity index (χ1) is 9.97. The predicted molar refractivity (Wildman–Crippen MR) is 88.4 cm³/mol. The molecule has 0 fully saturated rings. The number of benzene rings is 1. The van der Waals surface area contributed by atoms with E-state index >= 15 is 0 Å². The van der Waals surface area contributed by atoms with Crippen LogP contribution in [-0.4, -0.2) is 35.2 Å². The molecule has 1 aliphatic rings. The smallest absolute Gasteiger partial charge is 0.132 e. The number of hydrogen-bond acceptors (Lipinski definition) is 3. The fraction of sp³-hybridized carbons (Fsp3) is 0.556. The van der Waals surface area contributed by atoms with Gasteiger partial charge in [-0.1, -0.05) is 26.8 Å². The van der Waals surface area contributed by atoms with Crippen molar-refractivity contribution in [1.82, 2.24) is 9.80 Å². The summed E-state index contributed by atoms with van der Waals surface area (Å²) in [7, 11) is 1.99. The van der Waals surface area contributed by atoms with Crippen molar-refractivity contribution in [3.05, 3.63) is 41.3 Å². The first-order valence-corrected chi connectivity index (χ1v) is 7.67. The van der Waals surface area contributed by atoms with Gasteiger partial charge < -0.3 is 14.9 Å². The van der Waals surface area contributed by atoms with Gasteiger partial charge in [-0.15, -0.1) is 0 Å². The summed E-state index contributed by atoms with van der Waals surface area (Å²) in [6.45, 7) is 11.5. The van der Waals surface area contributed by atoms with Crippen LogP contribution in [0.4, 0.5) is 4.39 Å². The van der Waals surface area contributed by atoms with E-state index in [9.17, 15) is 9.50 Å². The van der Waals surface area contributed by atoms with Gasteiger partial charge in [0.05, 0.1) is 18.0 Å². The van der Waals surface area contributed by atoms with Crippen molar-refractivity contribution in [2.45, 2.75) is 40.2 Å². The van der Waals surface area contributed by atoms with Gasteiger partial charge in [0, 0.05) is 25.4 Å². The van der Waals surface area contributed by atoms with Gasteiger partial charge in [-0.3, -0.25) is 0 Å². The van der Waals surface area contributed by atoms with Gasteiger partial charge in [0.25, 0.3) is 0 Å². The summed E-state index contributed by atoms with van der Waals surface area (Å²) in [6.07, 6.45) is 1.97. The van der Waals surface area contributed by atoms with Crippen LogP contribution in [-0.2, 0) is 5.60 Å². The average Bonchev–Trinajstić information content (AvgIpc) is 2.66. The van der Waals surface area contributed by atoms with Crippen molar-refractivity contribution in [2.24, 2.45) is 5.41 Å². The molecule has 1 aromatic carbocycles. The fourth-order valence-electron chi connectivity index (χ4n) is 2.73. The van der Waals surface area contributed by atoms with E-state index in [-0.39, 0.29) is 11.2 Å². The van der Waals surface area contributed by atoms with Crippen molar-refractivity contribution in [3.8, 4) is 0 Å². The molecule has 0 bridgehead atoms. The lowest BCUT2D eigenvalue weighted by Gasteiger charge is -2.31. The zero-order valence-electron chi connectivity index (χ0n) is 14.4. The highest BCUT2D eigenvalue weighted by molar-refractivity contribution is 5.66. The molecule has 1 aromatic rings. The Morgan fingerprint density at radius 1 is 1.18 bits per heavy atom. The van der Waals surface area contributed by atoms with Crippen molar-refractivity contribution < 1.29 is 9.50 Å². The summed E-state index contributed by atoms with van der Waals surface area (Å²) >= 11 is 0. The van der Waals surface area contributed by atoms with E-state index < -0.39 is 5.60 Å². The molecule has 122 valence electrons. The van der Waals surface area contributed by atoms with Crippen molar-refractivity contribution in [3.63, 3.8) is 0 Å². The number of nitrogens with zero attached hydrogens (tertiary/aromatic N) is 2. The summed E-state index contributed by atoms with van der Waals surface area (Å²) in [5.41, 5.74) is 1.28. The van der Waals surface area contributed by atoms with Crippen molar-refractivity contribution in [1.29, 1.82) is 0 Å². The minimum Gasteiger partial charge on any atom is -0.386 e. The van der Waals surface area contributed by atoms with Gasteiger partial charge in [0.15, 0.2) is 0 Å². The second-order valence-electron chi connectivity index (χ2n) is 7.93. The first-order valence-electron chi connectivity index (χ1n) is 7.67. The highest BCUT2D eigenvalue weighted by atomic mass is 19.1. The summed E-state index contributed by atoms with van der Waals surface area (Å²) in [4.78, 5) is 4.24. The Labute approximate surface area is 133 Å². The maximum atomic E-state index is 14.4. The zero-order chi connectivity index (χ0) is 16.7. The summed E-state index contributed by atoms with van der Waals surface area (Å²) in [5, 5.41) is 10.2. The molecule has 1 heterocycles. The van der Waals surface area contributed by atoms with E-state index in [4.69, 9.17) is 0 Å². The molecule has 1 aliphatic heterocycles. The molecular weight excluding hydrogens is 279 g/mol. The minimum atomic E-state index is -0.984. The van der Waals surface area contributed by atoms with Crippen LogP contribution in [0.15, 0.2) is 24.4 Å². The summed E-state index contributed by atoms with van der Waals surface area (Å²) in [6, 6.07) is 4.85. The van der Waals surface area contributed by atoms with Crippen molar-refractivity contribution in [2.75, 3.05) is 20.3 Å². The first kappa shape index (κ1) is 16.8. The standard InChI is InChI=1S/C18H27FN2O/c1-17(2,3)11-21-12-20(6)10-16(21)14-9-13(18(4,5)22)7-8-15(14)19/h7-10,22H,11-12H2,1-6H3. The molecular formula is C18H27FN2O. The zero-order valence-corrected chi connectivity index (χ0v) is 14.4. The molecule has 3 nitrogen and oxygen atoms in total. The number of aliphatic hydroxyl groups is 1. The Balaban J connectivity index is 2.42. The molecule has 0 aromatic heterocycles. The van der Waals surface area contributed by atoms with Gasteiger partial charge >= 0.3 is 0 Å². The van der Waals surface area contributed by atoms with E-state index in [2.05, 4.69) is 30.6 Å². The maximum absolute atomic E-state index is 14.4. The van der Waals surface area contributed by atoms with E-state index in [0.717, 1.165) is 24.5 Å². The highest BCUT2D eigenvalue weighted by Gasteiger charge is 2.27. The lowest BCUT2D eigenvalue weighted by molar-refractivity contribution is 0.0785. The number of rotatable bonds is 3. The van der Waals surface area contributed by atoms with Crippen LogP contribution >= 0.6 is 0 Å². The van der Waals surface area contributed by atoms with Gasteiger partial charge in [0.1, 0.15) is 5.82 Å². The van der Waals surface area contributed by atoms with Crippen LogP contribution < -0.4 is 0 Å². The highest BCUT2D eigenvalue weighted by Crippen LogP contribution is 2.32. The molecule has 0 atom stereocenters. The topological polar surface area (TPSA) is 26.7 Å². The third-order valence-electron chi connectivity index (χ3n) is 3.69. The Kier molecular flexibility index (Phi) is 4.26. The molecule has 0 unspecified atom stereocenters. The number of halogens is 1. The molecule has 22 heavy (non-hydrogen) atoms. The van der Waals surface area contributed by atoms with E-state index in [1.54, 1.807) is 26.0 Å². The van der Waals surface area contributed by atoms with Gasteiger partial charge in [0.2, 0.25) is 0 Å². The van der Waals surface area contributed by atoms with E-state index in [0.29, 0.717) is 5.56 Å². The molecule has 2 rings (SSSR count). The Hall–Kier alpha value is -1.55. The SMILES string of the molecule is CN1C=C(c2cc(C(C)(C)O)ccc2F)N(CC(C)(C)C)C1. The Bertz CT molecular complexity index is 582. The van der Waals surface area contributed by atoms with Crippen LogP contribution in [0, 0.1) is 11.2 Å². The third kappa shape index (κ3) is 3.80. The molecule has 1 N–H and O–H groups in total. The van der Waals surface area contributed by atoms with Gasteiger partial charge in [-0.25, -0.2) is 4.39 Å². The Morgan fingerprint density at radius 2 is 1.82 bits per heavy atom. The molecule has 0 radical (unpaired) electrons. The normalized spacial score (nSPS) is 16.3. The van der Waals surface area contributed by atoms with Crippen molar-refractivity contribution >= 4 is 5.70 Å². The average molecular weight is 306 g/mol. The van der Waals surface area contributed by atoms with Crippen LogP contribution in [0.5, 0.6) is 0 Å². The molecule has 0 amide bonds. The molecule has 0 saturated heterocycles. The summed E-state index contributed by atoms with van der Waals surface area (Å²) < 4.78 is 14.4. The largest absolute Gasteiger partial charge is 0.386 e. The van der Waals surface area contributed by atoms with Crippen LogP contribution in [0.1, 0.15) is 45.7 Å². The lowest BCUT2D eigenvalue weighted by Crippen LogP contribution is -2.32. The van der Waals surface area contributed by atoms with E-state index in [1.165, 1.54) is 6.07 Å². The van der Waals surface area contributed by atoms with Crippen LogP contribution in [0.3, 0.4) is 0 Å². The quantitative estimate of drug-likeness (QED) is 0.924. The molecule has 0 spiro atoms. The second kappa shape index (κ2) is 5.58. The number of hydrogen-bond donors (Lipinski definition) is 1. The molecule has 0 saturated carbocycles. The summed E-state index contributed by atoms with van der Waals surface area (Å²) in [5.74, 6) is -0.256. The third-order valence-corrected chi connectivity index (χ3v) is 3.69. The molecule has 0 aliphatic carbocycles. The van der Waals surface area contributed by atoms with Crippen LogP contribution in [0.25, 0.3) is 5.70 Å². The Morgan fingerprint density at radius 3 is 2.36 bits per heavy atom. The molecule has 4 heteroatoms. The van der Waals surface area contributed by atoms with E-state index in [1.807, 2.05) is 13.2 Å².